The second-order valence-electron chi connectivity index (χ2n) is 5.77. The fourth-order valence-electron chi connectivity index (χ4n) is 2.36. The van der Waals surface area contributed by atoms with Crippen LogP contribution in [0.5, 0.6) is 0 Å². The van der Waals surface area contributed by atoms with Gasteiger partial charge in [0.15, 0.2) is 5.79 Å². The standard InChI is InChI=1S/C14H22O11/c1-4-5-14(23,24)8(10(18)19)7(9(16)17)13(3,12(21)22)25-11(20)6(2)15/h6-8,15,23-24H,4-5H2,1-3H3,(H,16,17)(H,18,19)(H,21,22). The number of hydrogen-bond acceptors (Lipinski definition) is 8. The number of carbonyl (C=O) groups excluding carboxylic acids is 1. The third-order valence-electron chi connectivity index (χ3n) is 3.65. The van der Waals surface area contributed by atoms with E-state index in [1.54, 1.807) is 0 Å². The summed E-state index contributed by atoms with van der Waals surface area (Å²) in [7, 11) is 0. The lowest BCUT2D eigenvalue weighted by atomic mass is 9.73. The van der Waals surface area contributed by atoms with Gasteiger partial charge >= 0.3 is 23.9 Å². The van der Waals surface area contributed by atoms with Crippen LogP contribution in [-0.2, 0) is 23.9 Å². The van der Waals surface area contributed by atoms with E-state index >= 15 is 0 Å². The summed E-state index contributed by atoms with van der Waals surface area (Å²) in [5.74, 6) is -15.8. The van der Waals surface area contributed by atoms with Crippen LogP contribution >= 0.6 is 0 Å². The smallest absolute Gasteiger partial charge is 0.348 e. The molecule has 0 aromatic carbocycles. The van der Waals surface area contributed by atoms with Crippen molar-refractivity contribution in [1.29, 1.82) is 0 Å². The number of carbonyl (C=O) groups is 4. The summed E-state index contributed by atoms with van der Waals surface area (Å²) in [6.45, 7) is 2.99. The normalized spacial score (nSPS) is 17.7. The first-order chi connectivity index (χ1) is 11.2. The Bertz CT molecular complexity index is 539. The van der Waals surface area contributed by atoms with Crippen LogP contribution in [0.2, 0.25) is 0 Å². The summed E-state index contributed by atoms with van der Waals surface area (Å²) < 4.78 is 4.53. The Morgan fingerprint density at radius 3 is 1.72 bits per heavy atom. The first kappa shape index (κ1) is 22.8. The maximum Gasteiger partial charge on any atom is 0.348 e. The van der Waals surface area contributed by atoms with E-state index in [1.807, 2.05) is 0 Å². The Balaban J connectivity index is 6.33. The number of carboxylic acids is 3. The molecule has 0 bridgehead atoms. The molecule has 0 aliphatic rings. The molecule has 6 N–H and O–H groups in total. The third-order valence-corrected chi connectivity index (χ3v) is 3.65. The maximum atomic E-state index is 11.6. The lowest BCUT2D eigenvalue weighted by Crippen LogP contribution is -2.60. The van der Waals surface area contributed by atoms with Gasteiger partial charge in [0.2, 0.25) is 5.60 Å². The Morgan fingerprint density at radius 2 is 1.44 bits per heavy atom. The van der Waals surface area contributed by atoms with Gasteiger partial charge in [-0.25, -0.2) is 9.59 Å². The van der Waals surface area contributed by atoms with E-state index in [2.05, 4.69) is 4.74 Å². The number of hydrogen-bond donors (Lipinski definition) is 6. The van der Waals surface area contributed by atoms with Crippen molar-refractivity contribution >= 4 is 23.9 Å². The molecule has 0 aromatic heterocycles. The average molecular weight is 366 g/mol. The number of aliphatic carboxylic acids is 3. The van der Waals surface area contributed by atoms with Gasteiger partial charge in [0.25, 0.3) is 0 Å². The summed E-state index contributed by atoms with van der Waals surface area (Å²) >= 11 is 0. The van der Waals surface area contributed by atoms with Gasteiger partial charge in [-0.3, -0.25) is 9.59 Å². The Labute approximate surface area is 142 Å². The Kier molecular flexibility index (Phi) is 7.49. The van der Waals surface area contributed by atoms with E-state index in [-0.39, 0.29) is 6.42 Å². The van der Waals surface area contributed by atoms with Gasteiger partial charge in [0, 0.05) is 6.42 Å². The molecule has 0 aromatic rings. The van der Waals surface area contributed by atoms with Crippen LogP contribution in [0.15, 0.2) is 0 Å². The van der Waals surface area contributed by atoms with Crippen LogP contribution in [0.1, 0.15) is 33.6 Å². The molecule has 144 valence electrons. The van der Waals surface area contributed by atoms with E-state index in [9.17, 15) is 44.7 Å². The number of ether oxygens (including phenoxy) is 1. The molecule has 0 spiro atoms. The largest absolute Gasteiger partial charge is 0.481 e. The first-order valence-corrected chi connectivity index (χ1v) is 7.27. The highest BCUT2D eigenvalue weighted by Crippen LogP contribution is 2.37. The fraction of sp³-hybridized carbons (Fsp3) is 0.714. The van der Waals surface area contributed by atoms with E-state index in [0.29, 0.717) is 6.92 Å². The number of aliphatic hydroxyl groups excluding tert-OH is 1. The molecule has 0 saturated heterocycles. The summed E-state index contributed by atoms with van der Waals surface area (Å²) in [5.41, 5.74) is -2.99. The first-order valence-electron chi connectivity index (χ1n) is 7.27. The van der Waals surface area contributed by atoms with E-state index < -0.39 is 59.6 Å². The maximum absolute atomic E-state index is 11.6. The molecule has 4 unspecified atom stereocenters. The molecule has 11 heteroatoms. The van der Waals surface area contributed by atoms with Crippen LogP contribution in [-0.4, -0.2) is 72.0 Å². The summed E-state index contributed by atoms with van der Waals surface area (Å²) in [6.07, 6.45) is -2.35. The zero-order valence-electron chi connectivity index (χ0n) is 13.9. The molecule has 0 radical (unpaired) electrons. The fourth-order valence-corrected chi connectivity index (χ4v) is 2.36. The minimum absolute atomic E-state index is 0.0420. The van der Waals surface area contributed by atoms with Crippen LogP contribution in [0.25, 0.3) is 0 Å². The lowest BCUT2D eigenvalue weighted by molar-refractivity contribution is -0.243. The van der Waals surface area contributed by atoms with E-state index in [4.69, 9.17) is 5.11 Å². The van der Waals surface area contributed by atoms with Gasteiger partial charge in [-0.05, 0) is 13.8 Å². The average Bonchev–Trinajstić information content (AvgIpc) is 2.42. The predicted molar refractivity (Wildman–Crippen MR) is 78.1 cm³/mol. The van der Waals surface area contributed by atoms with Crippen LogP contribution < -0.4 is 0 Å². The topological polar surface area (TPSA) is 199 Å². The molecular weight excluding hydrogens is 344 g/mol. The predicted octanol–water partition coefficient (Wildman–Crippen LogP) is -1.36. The quantitative estimate of drug-likeness (QED) is 0.197. The Morgan fingerprint density at radius 1 is 1.00 bits per heavy atom. The molecule has 0 amide bonds. The lowest BCUT2D eigenvalue weighted by Gasteiger charge is -2.39. The second kappa shape index (κ2) is 8.23. The van der Waals surface area contributed by atoms with Crippen LogP contribution in [0, 0.1) is 11.8 Å². The van der Waals surface area contributed by atoms with Gasteiger partial charge in [-0.2, -0.15) is 0 Å². The van der Waals surface area contributed by atoms with Crippen molar-refractivity contribution in [2.45, 2.75) is 51.1 Å². The highest BCUT2D eigenvalue weighted by molar-refractivity contribution is 5.91. The molecule has 25 heavy (non-hydrogen) atoms. The minimum Gasteiger partial charge on any atom is -0.481 e. The van der Waals surface area contributed by atoms with E-state index in [1.165, 1.54) is 6.92 Å². The van der Waals surface area contributed by atoms with Crippen molar-refractivity contribution in [3.05, 3.63) is 0 Å². The summed E-state index contributed by atoms with van der Waals surface area (Å²) in [6, 6.07) is 0. The molecule has 0 aliphatic heterocycles. The van der Waals surface area contributed by atoms with Crippen molar-refractivity contribution in [1.82, 2.24) is 0 Å². The number of carboxylic acid groups (broad SMARTS) is 3. The van der Waals surface area contributed by atoms with Gasteiger partial charge in [-0.15, -0.1) is 0 Å². The summed E-state index contributed by atoms with van der Waals surface area (Å²) in [4.78, 5) is 46.2. The van der Waals surface area contributed by atoms with Crippen molar-refractivity contribution in [2.24, 2.45) is 11.8 Å². The van der Waals surface area contributed by atoms with Crippen LogP contribution in [0.4, 0.5) is 0 Å². The minimum atomic E-state index is -3.09. The van der Waals surface area contributed by atoms with Gasteiger partial charge < -0.3 is 35.4 Å². The van der Waals surface area contributed by atoms with Gasteiger partial charge in [0.1, 0.15) is 17.9 Å². The molecular formula is C14H22O11. The second-order valence-corrected chi connectivity index (χ2v) is 5.77. The molecule has 0 fully saturated rings. The molecule has 0 saturated carbocycles. The van der Waals surface area contributed by atoms with Crippen molar-refractivity contribution in [2.75, 3.05) is 0 Å². The van der Waals surface area contributed by atoms with Crippen molar-refractivity contribution in [3.63, 3.8) is 0 Å². The highest BCUT2D eigenvalue weighted by atomic mass is 16.6. The zero-order chi connectivity index (χ0) is 20.2. The summed E-state index contributed by atoms with van der Waals surface area (Å²) in [5, 5.41) is 57.1. The molecule has 4 atom stereocenters. The van der Waals surface area contributed by atoms with Gasteiger partial charge in [-0.1, -0.05) is 13.3 Å². The Hall–Kier alpha value is -2.24. The monoisotopic (exact) mass is 366 g/mol. The van der Waals surface area contributed by atoms with Crippen LogP contribution in [0.3, 0.4) is 0 Å². The molecule has 0 heterocycles. The molecule has 0 aliphatic carbocycles. The van der Waals surface area contributed by atoms with Crippen molar-refractivity contribution < 1.29 is 54.6 Å². The number of esters is 1. The van der Waals surface area contributed by atoms with Gasteiger partial charge in [0.05, 0.1) is 0 Å². The highest BCUT2D eigenvalue weighted by Gasteiger charge is 2.60. The number of aliphatic hydroxyl groups is 3. The SMILES string of the molecule is CCCC(O)(O)C(C(=O)O)C(C(=O)O)C(C)(OC(=O)C(C)O)C(=O)O. The van der Waals surface area contributed by atoms with E-state index in [0.717, 1.165) is 6.92 Å². The number of rotatable bonds is 10. The molecule has 0 rings (SSSR count). The molecule has 11 nitrogen and oxygen atoms in total. The third kappa shape index (κ3) is 5.11. The van der Waals surface area contributed by atoms with Crippen molar-refractivity contribution in [3.8, 4) is 0 Å². The zero-order valence-corrected chi connectivity index (χ0v) is 13.9.